The number of nitrogens with one attached hydrogen (secondary N) is 2. The molecule has 0 unspecified atom stereocenters. The molecule has 3 rings (SSSR count). The molecule has 0 radical (unpaired) electrons. The first-order valence-corrected chi connectivity index (χ1v) is 11.3. The molecule has 1 aliphatic rings. The van der Waals surface area contributed by atoms with Crippen molar-refractivity contribution in [2.45, 2.75) is 70.3 Å². The lowest BCUT2D eigenvalue weighted by molar-refractivity contribution is -0.121. The number of hydrogen-bond acceptors (Lipinski definition) is 7. The van der Waals surface area contributed by atoms with Crippen LogP contribution in [0, 0.1) is 0 Å². The Kier molecular flexibility index (Phi) is 8.39. The Morgan fingerprint density at radius 3 is 2.42 bits per heavy atom. The van der Waals surface area contributed by atoms with E-state index >= 15 is 0 Å². The Morgan fingerprint density at radius 1 is 1.09 bits per heavy atom. The van der Waals surface area contributed by atoms with Crippen LogP contribution in [0.25, 0.3) is 0 Å². The Labute approximate surface area is 192 Å². The van der Waals surface area contributed by atoms with Gasteiger partial charge in [-0.25, -0.2) is 0 Å². The molecule has 0 saturated heterocycles. The minimum Gasteiger partial charge on any atom is -0.493 e. The molecule has 0 spiro atoms. The molecule has 2 aromatic rings. The smallest absolute Gasteiger partial charge is 0.227 e. The molecule has 0 bridgehead atoms. The van der Waals surface area contributed by atoms with Crippen LogP contribution in [-0.2, 0) is 26.3 Å². The van der Waals surface area contributed by atoms with E-state index in [1.54, 1.807) is 24.3 Å². The van der Waals surface area contributed by atoms with Gasteiger partial charge >= 0.3 is 0 Å². The van der Waals surface area contributed by atoms with Crippen LogP contribution in [0.3, 0.4) is 0 Å². The first-order chi connectivity index (χ1) is 15.9. The summed E-state index contributed by atoms with van der Waals surface area (Å²) in [5.41, 5.74) is 5.10. The maximum Gasteiger partial charge on any atom is 0.227 e. The summed E-state index contributed by atoms with van der Waals surface area (Å²) in [6, 6.07) is 6.83. The number of carbonyl (C=O) groups is 3. The summed E-state index contributed by atoms with van der Waals surface area (Å²) in [6.07, 6.45) is 6.36. The minimum atomic E-state index is -0.604. The largest absolute Gasteiger partial charge is 0.493 e. The van der Waals surface area contributed by atoms with Crippen LogP contribution >= 0.6 is 0 Å². The fourth-order valence-electron chi connectivity index (χ4n) is 3.97. The standard InChI is InChI=1S/C23H31N5O5/c1-16(29)27-23(13-4-2-3-5-14-23)22-26-21(33-28-22)11-10-20(31)25-17-6-8-18(9-7-17)32-15-12-19(24)30/h6-9H,2-5,10-15H2,1H3,(H2,24,30)(H,25,31)(H,27,29). The monoisotopic (exact) mass is 457 g/mol. The third kappa shape index (κ3) is 7.30. The average molecular weight is 458 g/mol. The van der Waals surface area contributed by atoms with Crippen molar-refractivity contribution >= 4 is 23.4 Å². The summed E-state index contributed by atoms with van der Waals surface area (Å²) < 4.78 is 10.8. The number of amides is 3. The van der Waals surface area contributed by atoms with E-state index in [1.165, 1.54) is 6.92 Å². The zero-order chi connectivity index (χ0) is 23.7. The number of rotatable bonds is 10. The molecule has 1 aliphatic carbocycles. The van der Waals surface area contributed by atoms with Gasteiger partial charge in [0.15, 0.2) is 5.82 Å². The molecule has 10 nitrogen and oxygen atoms in total. The highest BCUT2D eigenvalue weighted by atomic mass is 16.5. The second-order valence-corrected chi connectivity index (χ2v) is 8.33. The number of aromatic nitrogens is 2. The minimum absolute atomic E-state index is 0.119. The van der Waals surface area contributed by atoms with Crippen LogP contribution in [0.1, 0.15) is 70.0 Å². The molecule has 178 valence electrons. The second-order valence-electron chi connectivity index (χ2n) is 8.33. The number of hydrogen-bond donors (Lipinski definition) is 3. The molecule has 0 atom stereocenters. The van der Waals surface area contributed by atoms with Gasteiger partial charge in [-0.05, 0) is 37.1 Å². The zero-order valence-corrected chi connectivity index (χ0v) is 18.9. The van der Waals surface area contributed by atoms with Crippen LogP contribution < -0.4 is 21.1 Å². The zero-order valence-electron chi connectivity index (χ0n) is 18.9. The van der Waals surface area contributed by atoms with Crippen LogP contribution in [0.5, 0.6) is 5.75 Å². The molecule has 10 heteroatoms. The highest BCUT2D eigenvalue weighted by molar-refractivity contribution is 5.90. The normalized spacial score (nSPS) is 15.3. The number of anilines is 1. The van der Waals surface area contributed by atoms with Crippen molar-refractivity contribution < 1.29 is 23.6 Å². The van der Waals surface area contributed by atoms with Gasteiger partial charge in [-0.15, -0.1) is 0 Å². The van der Waals surface area contributed by atoms with E-state index in [2.05, 4.69) is 20.8 Å². The van der Waals surface area contributed by atoms with Gasteiger partial charge < -0.3 is 25.6 Å². The lowest BCUT2D eigenvalue weighted by Crippen LogP contribution is -2.45. The Bertz CT molecular complexity index is 948. The fraction of sp³-hybridized carbons (Fsp3) is 0.522. The number of primary amides is 1. The van der Waals surface area contributed by atoms with Crippen molar-refractivity contribution in [1.29, 1.82) is 0 Å². The van der Waals surface area contributed by atoms with Gasteiger partial charge in [-0.3, -0.25) is 14.4 Å². The first kappa shape index (κ1) is 24.2. The van der Waals surface area contributed by atoms with Gasteiger partial charge in [0.25, 0.3) is 0 Å². The number of nitrogens with two attached hydrogens (primary N) is 1. The Morgan fingerprint density at radius 2 is 1.79 bits per heavy atom. The van der Waals surface area contributed by atoms with Gasteiger partial charge in [0.1, 0.15) is 11.3 Å². The van der Waals surface area contributed by atoms with Crippen molar-refractivity contribution in [3.8, 4) is 5.75 Å². The molecular weight excluding hydrogens is 426 g/mol. The van der Waals surface area contributed by atoms with Crippen LogP contribution in [-0.4, -0.2) is 34.5 Å². The lowest BCUT2D eigenvalue weighted by atomic mass is 9.89. The van der Waals surface area contributed by atoms with E-state index < -0.39 is 11.4 Å². The van der Waals surface area contributed by atoms with E-state index in [-0.39, 0.29) is 31.3 Å². The van der Waals surface area contributed by atoms with Gasteiger partial charge in [0.2, 0.25) is 23.6 Å². The predicted molar refractivity (Wildman–Crippen MR) is 120 cm³/mol. The topological polar surface area (TPSA) is 149 Å². The van der Waals surface area contributed by atoms with Gasteiger partial charge in [-0.2, -0.15) is 4.98 Å². The maximum atomic E-state index is 12.3. The molecule has 4 N–H and O–H groups in total. The number of benzene rings is 1. The summed E-state index contributed by atoms with van der Waals surface area (Å²) in [5, 5.41) is 10.00. The molecule has 1 aromatic heterocycles. The summed E-state index contributed by atoms with van der Waals surface area (Å²) in [7, 11) is 0. The highest BCUT2D eigenvalue weighted by Crippen LogP contribution is 2.34. The van der Waals surface area contributed by atoms with Gasteiger partial charge in [-0.1, -0.05) is 30.8 Å². The van der Waals surface area contributed by atoms with Gasteiger partial charge in [0.05, 0.1) is 13.0 Å². The summed E-state index contributed by atoms with van der Waals surface area (Å²) in [6.45, 7) is 1.70. The molecular formula is C23H31N5O5. The van der Waals surface area contributed by atoms with Crippen LogP contribution in [0.15, 0.2) is 28.8 Å². The Balaban J connectivity index is 1.52. The predicted octanol–water partition coefficient (Wildman–Crippen LogP) is 2.58. The maximum absolute atomic E-state index is 12.3. The van der Waals surface area contributed by atoms with E-state index in [1.807, 2.05) is 0 Å². The lowest BCUT2D eigenvalue weighted by Gasteiger charge is -2.30. The van der Waals surface area contributed by atoms with Crippen molar-refractivity contribution in [3.63, 3.8) is 0 Å². The van der Waals surface area contributed by atoms with Crippen LogP contribution in [0.2, 0.25) is 0 Å². The number of ether oxygens (including phenoxy) is 1. The molecule has 33 heavy (non-hydrogen) atoms. The van der Waals surface area contributed by atoms with E-state index in [4.69, 9.17) is 15.0 Å². The number of aryl methyl sites for hydroxylation is 1. The van der Waals surface area contributed by atoms with Crippen molar-refractivity contribution in [3.05, 3.63) is 36.0 Å². The second kappa shape index (κ2) is 11.4. The molecule has 0 aliphatic heterocycles. The summed E-state index contributed by atoms with van der Waals surface area (Å²) in [4.78, 5) is 39.4. The highest BCUT2D eigenvalue weighted by Gasteiger charge is 2.38. The SMILES string of the molecule is CC(=O)NC1(c2noc(CCC(=O)Nc3ccc(OCCC(N)=O)cc3)n2)CCCCCC1. The molecule has 1 aromatic carbocycles. The Hall–Kier alpha value is -3.43. The number of carbonyl (C=O) groups excluding carboxylic acids is 3. The van der Waals surface area contributed by atoms with Crippen molar-refractivity contribution in [2.75, 3.05) is 11.9 Å². The third-order valence-electron chi connectivity index (χ3n) is 5.59. The molecule has 1 heterocycles. The average Bonchev–Trinajstić information content (AvgIpc) is 3.13. The van der Waals surface area contributed by atoms with E-state index in [0.717, 1.165) is 38.5 Å². The number of nitrogens with zero attached hydrogens (tertiary/aromatic N) is 2. The molecule has 1 fully saturated rings. The fourth-order valence-corrected chi connectivity index (χ4v) is 3.97. The van der Waals surface area contributed by atoms with E-state index in [0.29, 0.717) is 29.6 Å². The summed E-state index contributed by atoms with van der Waals surface area (Å²) >= 11 is 0. The van der Waals surface area contributed by atoms with Crippen molar-refractivity contribution in [1.82, 2.24) is 15.5 Å². The van der Waals surface area contributed by atoms with Crippen LogP contribution in [0.4, 0.5) is 5.69 Å². The van der Waals surface area contributed by atoms with Gasteiger partial charge in [0, 0.05) is 25.5 Å². The third-order valence-corrected chi connectivity index (χ3v) is 5.59. The van der Waals surface area contributed by atoms with E-state index in [9.17, 15) is 14.4 Å². The first-order valence-electron chi connectivity index (χ1n) is 11.3. The summed E-state index contributed by atoms with van der Waals surface area (Å²) in [5.74, 6) is 0.704. The van der Waals surface area contributed by atoms with Crippen molar-refractivity contribution in [2.24, 2.45) is 5.73 Å². The molecule has 1 saturated carbocycles. The quantitative estimate of drug-likeness (QED) is 0.464. The molecule has 3 amide bonds.